The number of aliphatic hydroxyl groups is 2. The first-order valence-corrected chi connectivity index (χ1v) is 5.72. The first kappa shape index (κ1) is 15.3. The van der Waals surface area contributed by atoms with Crippen LogP contribution < -0.4 is 5.32 Å². The number of hydrogen-bond acceptors (Lipinski definition) is 4. The fraction of sp³-hybridized carbons (Fsp3) is 0.909. The van der Waals surface area contributed by atoms with Gasteiger partial charge in [-0.15, -0.1) is 0 Å². The Labute approximate surface area is 97.4 Å². The van der Waals surface area contributed by atoms with Crippen molar-refractivity contribution in [1.82, 2.24) is 10.2 Å². The number of aliphatic hydroxyl groups excluding tert-OH is 2. The summed E-state index contributed by atoms with van der Waals surface area (Å²) >= 11 is 0. The summed E-state index contributed by atoms with van der Waals surface area (Å²) in [5.74, 6) is -0.0156. The second-order valence-corrected chi connectivity index (χ2v) is 4.25. The van der Waals surface area contributed by atoms with Crippen molar-refractivity contribution in [2.24, 2.45) is 0 Å². The molecule has 5 nitrogen and oxygen atoms in total. The average Bonchev–Trinajstić information content (AvgIpc) is 2.30. The Kier molecular flexibility index (Phi) is 6.55. The van der Waals surface area contributed by atoms with Gasteiger partial charge < -0.3 is 15.1 Å². The van der Waals surface area contributed by atoms with Gasteiger partial charge in [0.1, 0.15) is 0 Å². The number of carbonyl (C=O) groups is 1. The summed E-state index contributed by atoms with van der Waals surface area (Å²) < 4.78 is 0. The van der Waals surface area contributed by atoms with Crippen molar-refractivity contribution in [3.63, 3.8) is 0 Å². The van der Waals surface area contributed by atoms with Crippen LogP contribution in [-0.4, -0.2) is 58.9 Å². The largest absolute Gasteiger partial charge is 0.394 e. The zero-order chi connectivity index (χ0) is 12.8. The molecule has 0 fully saturated rings. The summed E-state index contributed by atoms with van der Waals surface area (Å²) in [7, 11) is 0. The zero-order valence-corrected chi connectivity index (χ0v) is 10.7. The second-order valence-electron chi connectivity index (χ2n) is 4.25. The Balaban J connectivity index is 4.45. The van der Waals surface area contributed by atoms with Crippen molar-refractivity contribution in [1.29, 1.82) is 0 Å². The standard InChI is InChI=1S/C11H24N2O3/c1-5-13(6-2)10(16)9(3)12-11(4,7-14)8-15/h9,12,14-15H,5-8H2,1-4H3. The smallest absolute Gasteiger partial charge is 0.239 e. The highest BCUT2D eigenvalue weighted by Gasteiger charge is 2.28. The average molecular weight is 232 g/mol. The predicted octanol–water partition coefficient (Wildman–Crippen LogP) is -0.424. The van der Waals surface area contributed by atoms with Crippen LogP contribution in [0, 0.1) is 0 Å². The minimum Gasteiger partial charge on any atom is -0.394 e. The number of hydrogen-bond donors (Lipinski definition) is 3. The Morgan fingerprint density at radius 3 is 2.06 bits per heavy atom. The third-order valence-corrected chi connectivity index (χ3v) is 2.71. The van der Waals surface area contributed by atoms with E-state index in [1.54, 1.807) is 18.7 Å². The molecular weight excluding hydrogens is 208 g/mol. The van der Waals surface area contributed by atoms with Crippen LogP contribution >= 0.6 is 0 Å². The number of amides is 1. The molecule has 5 heteroatoms. The van der Waals surface area contributed by atoms with Gasteiger partial charge in [-0.2, -0.15) is 0 Å². The Bertz CT molecular complexity index is 213. The van der Waals surface area contributed by atoms with E-state index < -0.39 is 11.6 Å². The third-order valence-electron chi connectivity index (χ3n) is 2.71. The minimum atomic E-state index is -0.817. The third kappa shape index (κ3) is 4.08. The second kappa shape index (κ2) is 6.83. The molecule has 0 aliphatic rings. The molecule has 0 saturated carbocycles. The van der Waals surface area contributed by atoms with E-state index in [4.69, 9.17) is 10.2 Å². The molecule has 0 aromatic carbocycles. The van der Waals surface area contributed by atoms with E-state index in [2.05, 4.69) is 5.32 Å². The van der Waals surface area contributed by atoms with E-state index >= 15 is 0 Å². The lowest BCUT2D eigenvalue weighted by atomic mass is 10.0. The van der Waals surface area contributed by atoms with Gasteiger partial charge in [-0.05, 0) is 27.7 Å². The van der Waals surface area contributed by atoms with Crippen LogP contribution in [-0.2, 0) is 4.79 Å². The summed E-state index contributed by atoms with van der Waals surface area (Å²) in [6, 6.07) is -0.413. The van der Waals surface area contributed by atoms with Gasteiger partial charge in [0.2, 0.25) is 5.91 Å². The molecule has 0 radical (unpaired) electrons. The first-order valence-electron chi connectivity index (χ1n) is 5.72. The Hall–Kier alpha value is -0.650. The maximum absolute atomic E-state index is 11.9. The van der Waals surface area contributed by atoms with Crippen LogP contribution in [0.5, 0.6) is 0 Å². The molecule has 0 aromatic heterocycles. The number of nitrogens with one attached hydrogen (secondary N) is 1. The number of carbonyl (C=O) groups excluding carboxylic acids is 1. The van der Waals surface area contributed by atoms with Gasteiger partial charge in [0.15, 0.2) is 0 Å². The van der Waals surface area contributed by atoms with Gasteiger partial charge in [-0.25, -0.2) is 0 Å². The molecule has 0 spiro atoms. The topological polar surface area (TPSA) is 72.8 Å². The molecule has 1 atom stereocenters. The predicted molar refractivity (Wildman–Crippen MR) is 63.1 cm³/mol. The van der Waals surface area contributed by atoms with Gasteiger partial charge in [-0.1, -0.05) is 0 Å². The highest BCUT2D eigenvalue weighted by Crippen LogP contribution is 2.05. The van der Waals surface area contributed by atoms with Gasteiger partial charge in [0.25, 0.3) is 0 Å². The van der Waals surface area contributed by atoms with E-state index in [1.807, 2.05) is 13.8 Å². The molecule has 1 amide bonds. The minimum absolute atomic E-state index is 0.0156. The maximum atomic E-state index is 11.9. The molecule has 0 aliphatic carbocycles. The summed E-state index contributed by atoms with van der Waals surface area (Å²) in [6.45, 7) is 8.17. The van der Waals surface area contributed by atoms with Gasteiger partial charge >= 0.3 is 0 Å². The maximum Gasteiger partial charge on any atom is 0.239 e. The Morgan fingerprint density at radius 2 is 1.75 bits per heavy atom. The summed E-state index contributed by atoms with van der Waals surface area (Å²) in [5.41, 5.74) is -0.817. The van der Waals surface area contributed by atoms with E-state index in [1.165, 1.54) is 0 Å². The van der Waals surface area contributed by atoms with Crippen molar-refractivity contribution >= 4 is 5.91 Å². The molecule has 0 bridgehead atoms. The molecule has 96 valence electrons. The van der Waals surface area contributed by atoms with Crippen molar-refractivity contribution in [2.45, 2.75) is 39.3 Å². The van der Waals surface area contributed by atoms with Crippen LogP contribution in [0.3, 0.4) is 0 Å². The van der Waals surface area contributed by atoms with Crippen molar-refractivity contribution in [3.8, 4) is 0 Å². The van der Waals surface area contributed by atoms with Crippen LogP contribution in [0.2, 0.25) is 0 Å². The Morgan fingerprint density at radius 1 is 1.31 bits per heavy atom. The molecule has 0 aromatic rings. The molecule has 0 heterocycles. The SMILES string of the molecule is CCN(CC)C(=O)C(C)NC(C)(CO)CO. The highest BCUT2D eigenvalue weighted by atomic mass is 16.3. The van der Waals surface area contributed by atoms with Crippen LogP contribution in [0.15, 0.2) is 0 Å². The lowest BCUT2D eigenvalue weighted by Crippen LogP contribution is -2.57. The monoisotopic (exact) mass is 232 g/mol. The summed E-state index contributed by atoms with van der Waals surface area (Å²) in [6.07, 6.45) is 0. The van der Waals surface area contributed by atoms with Crippen molar-refractivity contribution in [2.75, 3.05) is 26.3 Å². The first-order chi connectivity index (χ1) is 7.44. The molecule has 1 unspecified atom stereocenters. The summed E-state index contributed by atoms with van der Waals surface area (Å²) in [4.78, 5) is 13.6. The van der Waals surface area contributed by atoms with Gasteiger partial charge in [-0.3, -0.25) is 10.1 Å². The van der Waals surface area contributed by atoms with E-state index in [-0.39, 0.29) is 19.1 Å². The molecule has 0 saturated heterocycles. The molecular formula is C11H24N2O3. The van der Waals surface area contributed by atoms with E-state index in [0.717, 1.165) is 0 Å². The van der Waals surface area contributed by atoms with E-state index in [9.17, 15) is 4.79 Å². The fourth-order valence-electron chi connectivity index (χ4n) is 1.53. The van der Waals surface area contributed by atoms with Crippen LogP contribution in [0.4, 0.5) is 0 Å². The van der Waals surface area contributed by atoms with Gasteiger partial charge in [0.05, 0.1) is 24.8 Å². The molecule has 16 heavy (non-hydrogen) atoms. The normalized spacial score (nSPS) is 13.6. The van der Waals surface area contributed by atoms with Crippen molar-refractivity contribution < 1.29 is 15.0 Å². The quantitative estimate of drug-likeness (QED) is 0.557. The molecule has 3 N–H and O–H groups in total. The summed E-state index contributed by atoms with van der Waals surface area (Å²) in [5, 5.41) is 21.2. The van der Waals surface area contributed by atoms with Gasteiger partial charge in [0, 0.05) is 13.1 Å². The molecule has 0 rings (SSSR count). The number of nitrogens with zero attached hydrogens (tertiary/aromatic N) is 1. The molecule has 0 aliphatic heterocycles. The lowest BCUT2D eigenvalue weighted by Gasteiger charge is -2.32. The fourth-order valence-corrected chi connectivity index (χ4v) is 1.53. The zero-order valence-electron chi connectivity index (χ0n) is 10.7. The number of likely N-dealkylation sites (N-methyl/N-ethyl adjacent to an activating group) is 1. The highest BCUT2D eigenvalue weighted by molar-refractivity contribution is 5.81. The van der Waals surface area contributed by atoms with Crippen LogP contribution in [0.1, 0.15) is 27.7 Å². The van der Waals surface area contributed by atoms with E-state index in [0.29, 0.717) is 13.1 Å². The van der Waals surface area contributed by atoms with Crippen LogP contribution in [0.25, 0.3) is 0 Å². The lowest BCUT2D eigenvalue weighted by molar-refractivity contribution is -0.133. The number of rotatable bonds is 7. The van der Waals surface area contributed by atoms with Crippen molar-refractivity contribution in [3.05, 3.63) is 0 Å².